The standard InChI is InChI=1S/C12H27N.C9H12/c1-2-3-4-5-6-7-8-9-10-11-12-13;1-8(2)9-6-4-3-5-7-9/h2-13H2,1H3;3-8H,1-2H3. The van der Waals surface area contributed by atoms with Crippen molar-refractivity contribution in [3.8, 4) is 0 Å². The summed E-state index contributed by atoms with van der Waals surface area (Å²) in [6.07, 6.45) is 13.9. The van der Waals surface area contributed by atoms with Gasteiger partial charge in [-0.3, -0.25) is 0 Å². The van der Waals surface area contributed by atoms with Crippen LogP contribution < -0.4 is 5.73 Å². The molecule has 0 aromatic heterocycles. The van der Waals surface area contributed by atoms with Crippen LogP contribution in [0.2, 0.25) is 0 Å². The van der Waals surface area contributed by atoms with Crippen LogP contribution in [0.15, 0.2) is 30.3 Å². The molecule has 22 heavy (non-hydrogen) atoms. The van der Waals surface area contributed by atoms with Crippen molar-refractivity contribution in [2.75, 3.05) is 6.54 Å². The van der Waals surface area contributed by atoms with E-state index in [0.29, 0.717) is 5.92 Å². The maximum Gasteiger partial charge on any atom is -0.00773 e. The lowest BCUT2D eigenvalue weighted by Crippen LogP contribution is -1.97. The molecular formula is C21H39N. The Kier molecular flexibility index (Phi) is 15.9. The lowest BCUT2D eigenvalue weighted by Gasteiger charge is -2.01. The van der Waals surface area contributed by atoms with E-state index in [9.17, 15) is 0 Å². The van der Waals surface area contributed by atoms with Gasteiger partial charge in [0, 0.05) is 0 Å². The molecule has 2 N–H and O–H groups in total. The number of benzene rings is 1. The molecule has 0 spiro atoms. The van der Waals surface area contributed by atoms with Gasteiger partial charge >= 0.3 is 0 Å². The molecule has 0 atom stereocenters. The van der Waals surface area contributed by atoms with Gasteiger partial charge < -0.3 is 5.73 Å². The Morgan fingerprint density at radius 1 is 0.727 bits per heavy atom. The van der Waals surface area contributed by atoms with E-state index in [1.165, 1.54) is 69.8 Å². The maximum absolute atomic E-state index is 5.42. The second-order valence-corrected chi connectivity index (χ2v) is 6.54. The summed E-state index contributed by atoms with van der Waals surface area (Å²) in [5.74, 6) is 0.659. The molecule has 0 amide bonds. The normalized spacial score (nSPS) is 10.4. The number of hydrogen-bond acceptors (Lipinski definition) is 1. The van der Waals surface area contributed by atoms with E-state index >= 15 is 0 Å². The number of nitrogens with two attached hydrogens (primary N) is 1. The quantitative estimate of drug-likeness (QED) is 0.453. The van der Waals surface area contributed by atoms with E-state index in [-0.39, 0.29) is 0 Å². The highest BCUT2D eigenvalue weighted by atomic mass is 14.5. The highest BCUT2D eigenvalue weighted by molar-refractivity contribution is 5.17. The molecule has 0 fully saturated rings. The molecule has 0 bridgehead atoms. The predicted octanol–water partition coefficient (Wildman–Crippen LogP) is 6.68. The van der Waals surface area contributed by atoms with Gasteiger partial charge in [0.2, 0.25) is 0 Å². The molecule has 0 unspecified atom stereocenters. The smallest absolute Gasteiger partial charge is 0.00773 e. The summed E-state index contributed by atoms with van der Waals surface area (Å²) in [7, 11) is 0. The van der Waals surface area contributed by atoms with Crippen LogP contribution in [0.4, 0.5) is 0 Å². The summed E-state index contributed by atoms with van der Waals surface area (Å²) < 4.78 is 0. The molecule has 1 aromatic carbocycles. The topological polar surface area (TPSA) is 26.0 Å². The first kappa shape index (κ1) is 21.2. The van der Waals surface area contributed by atoms with Crippen molar-refractivity contribution < 1.29 is 0 Å². The third-order valence-electron chi connectivity index (χ3n) is 4.02. The van der Waals surface area contributed by atoms with Gasteiger partial charge in [0.1, 0.15) is 0 Å². The Morgan fingerprint density at radius 2 is 1.18 bits per heavy atom. The molecule has 0 aliphatic heterocycles. The summed E-state index contributed by atoms with van der Waals surface area (Å²) in [5.41, 5.74) is 6.84. The third kappa shape index (κ3) is 14.1. The summed E-state index contributed by atoms with van der Waals surface area (Å²) in [4.78, 5) is 0. The fraction of sp³-hybridized carbons (Fsp3) is 0.714. The molecular weight excluding hydrogens is 266 g/mol. The van der Waals surface area contributed by atoms with Crippen molar-refractivity contribution in [3.63, 3.8) is 0 Å². The number of rotatable bonds is 11. The highest BCUT2D eigenvalue weighted by Crippen LogP contribution is 2.12. The second-order valence-electron chi connectivity index (χ2n) is 6.54. The van der Waals surface area contributed by atoms with Crippen LogP contribution in [0.3, 0.4) is 0 Å². The lowest BCUT2D eigenvalue weighted by atomic mass is 10.0. The first-order valence-electron chi connectivity index (χ1n) is 9.47. The van der Waals surface area contributed by atoms with Crippen molar-refractivity contribution in [3.05, 3.63) is 35.9 Å². The fourth-order valence-electron chi connectivity index (χ4n) is 2.47. The van der Waals surface area contributed by atoms with Gasteiger partial charge in [-0.15, -0.1) is 0 Å². The zero-order valence-corrected chi connectivity index (χ0v) is 15.3. The van der Waals surface area contributed by atoms with Gasteiger partial charge in [-0.25, -0.2) is 0 Å². The predicted molar refractivity (Wildman–Crippen MR) is 101 cm³/mol. The zero-order chi connectivity index (χ0) is 16.5. The van der Waals surface area contributed by atoms with Crippen LogP contribution >= 0.6 is 0 Å². The molecule has 1 aromatic rings. The van der Waals surface area contributed by atoms with Crippen molar-refractivity contribution in [2.24, 2.45) is 5.73 Å². The molecule has 0 saturated heterocycles. The van der Waals surface area contributed by atoms with Gasteiger partial charge in [-0.1, -0.05) is 109 Å². The SMILES string of the molecule is CC(C)c1ccccc1.CCCCCCCCCCCCN. The summed E-state index contributed by atoms with van der Waals surface area (Å²) in [6.45, 7) is 7.55. The van der Waals surface area contributed by atoms with Gasteiger partial charge in [-0.05, 0) is 24.4 Å². The summed E-state index contributed by atoms with van der Waals surface area (Å²) in [5, 5.41) is 0. The number of unbranched alkanes of at least 4 members (excludes halogenated alkanes) is 9. The van der Waals surface area contributed by atoms with Gasteiger partial charge in [0.05, 0.1) is 0 Å². The molecule has 1 rings (SSSR count). The van der Waals surface area contributed by atoms with E-state index in [2.05, 4.69) is 45.0 Å². The Balaban J connectivity index is 0.000000425. The van der Waals surface area contributed by atoms with Crippen LogP contribution in [0.25, 0.3) is 0 Å². The minimum atomic E-state index is 0.659. The molecule has 128 valence electrons. The highest BCUT2D eigenvalue weighted by Gasteiger charge is 1.93. The summed E-state index contributed by atoms with van der Waals surface area (Å²) in [6, 6.07) is 10.5. The lowest BCUT2D eigenvalue weighted by molar-refractivity contribution is 0.558. The minimum Gasteiger partial charge on any atom is -0.330 e. The van der Waals surface area contributed by atoms with Crippen LogP contribution in [-0.2, 0) is 0 Å². The molecule has 0 radical (unpaired) electrons. The second kappa shape index (κ2) is 16.5. The molecule has 1 nitrogen and oxygen atoms in total. The van der Waals surface area contributed by atoms with E-state index in [0.717, 1.165) is 6.54 Å². The van der Waals surface area contributed by atoms with Crippen molar-refractivity contribution in [2.45, 2.75) is 90.9 Å². The van der Waals surface area contributed by atoms with Crippen LogP contribution in [0, 0.1) is 0 Å². The minimum absolute atomic E-state index is 0.659. The Labute approximate surface area is 139 Å². The Hall–Kier alpha value is -0.820. The zero-order valence-electron chi connectivity index (χ0n) is 15.3. The molecule has 0 aliphatic carbocycles. The first-order chi connectivity index (χ1) is 10.7. The average molecular weight is 306 g/mol. The molecule has 1 heteroatoms. The third-order valence-corrected chi connectivity index (χ3v) is 4.02. The number of hydrogen-bond donors (Lipinski definition) is 1. The molecule has 0 heterocycles. The van der Waals surface area contributed by atoms with E-state index in [1.807, 2.05) is 6.07 Å². The average Bonchev–Trinajstić information content (AvgIpc) is 2.55. The van der Waals surface area contributed by atoms with Crippen molar-refractivity contribution >= 4 is 0 Å². The molecule has 0 saturated carbocycles. The van der Waals surface area contributed by atoms with Gasteiger partial charge in [0.15, 0.2) is 0 Å². The van der Waals surface area contributed by atoms with Crippen LogP contribution in [0.1, 0.15) is 96.5 Å². The Bertz CT molecular complexity index is 295. The molecule has 0 aliphatic rings. The van der Waals surface area contributed by atoms with Gasteiger partial charge in [-0.2, -0.15) is 0 Å². The van der Waals surface area contributed by atoms with Crippen LogP contribution in [-0.4, -0.2) is 6.54 Å². The van der Waals surface area contributed by atoms with Crippen molar-refractivity contribution in [1.29, 1.82) is 0 Å². The summed E-state index contributed by atoms with van der Waals surface area (Å²) >= 11 is 0. The Morgan fingerprint density at radius 3 is 1.55 bits per heavy atom. The largest absolute Gasteiger partial charge is 0.330 e. The van der Waals surface area contributed by atoms with E-state index in [1.54, 1.807) is 0 Å². The van der Waals surface area contributed by atoms with E-state index < -0.39 is 0 Å². The van der Waals surface area contributed by atoms with E-state index in [4.69, 9.17) is 5.73 Å². The fourth-order valence-corrected chi connectivity index (χ4v) is 2.47. The maximum atomic E-state index is 5.42. The van der Waals surface area contributed by atoms with Crippen LogP contribution in [0.5, 0.6) is 0 Å². The van der Waals surface area contributed by atoms with Crippen molar-refractivity contribution in [1.82, 2.24) is 0 Å². The monoisotopic (exact) mass is 305 g/mol. The van der Waals surface area contributed by atoms with Gasteiger partial charge in [0.25, 0.3) is 0 Å². The first-order valence-corrected chi connectivity index (χ1v) is 9.47.